The van der Waals surface area contributed by atoms with Gasteiger partial charge < -0.3 is 4.74 Å². The Kier molecular flexibility index (Phi) is 3.68. The molecule has 8 atom stereocenters. The van der Waals surface area contributed by atoms with Crippen molar-refractivity contribution >= 4 is 5.97 Å². The standard InChI is InChI=1S/C25H36O2/c1-15-10-18(21-12-16-6-7-17(21)11-16)13-20(15)22(26)27-25(5)14-19-8-9-24(25,4)23(19,2)3/h6-7,12,15-20H,8-11,13-14H2,1-5H3. The zero-order valence-electron chi connectivity index (χ0n) is 17.8. The summed E-state index contributed by atoms with van der Waals surface area (Å²) in [6, 6.07) is 0. The number of allylic oxidation sites excluding steroid dienone is 4. The third-order valence-electron chi connectivity index (χ3n) is 10.2. The molecule has 0 aromatic rings. The highest BCUT2D eigenvalue weighted by Crippen LogP contribution is 2.70. The van der Waals surface area contributed by atoms with Crippen molar-refractivity contribution in [3.8, 4) is 0 Å². The van der Waals surface area contributed by atoms with Gasteiger partial charge >= 0.3 is 5.97 Å². The van der Waals surface area contributed by atoms with E-state index in [1.807, 2.05) is 0 Å². The maximum Gasteiger partial charge on any atom is 0.309 e. The van der Waals surface area contributed by atoms with Gasteiger partial charge in [-0.1, -0.05) is 51.5 Å². The first-order chi connectivity index (χ1) is 12.6. The fourth-order valence-electron chi connectivity index (χ4n) is 7.80. The predicted octanol–water partition coefficient (Wildman–Crippen LogP) is 5.93. The Balaban J connectivity index is 1.30. The SMILES string of the molecule is CC1CC(C2=CC3C=CC2C3)CC1C(=O)OC1(C)CC2CCC1(C)C2(C)C. The van der Waals surface area contributed by atoms with E-state index in [2.05, 4.69) is 52.8 Å². The first-order valence-electron chi connectivity index (χ1n) is 11.3. The van der Waals surface area contributed by atoms with E-state index < -0.39 is 0 Å². The number of hydrogen-bond donors (Lipinski definition) is 0. The summed E-state index contributed by atoms with van der Waals surface area (Å²) < 4.78 is 6.43. The summed E-state index contributed by atoms with van der Waals surface area (Å²) in [5.41, 5.74) is 1.72. The van der Waals surface area contributed by atoms with Crippen LogP contribution in [0.25, 0.3) is 0 Å². The summed E-state index contributed by atoms with van der Waals surface area (Å²) in [7, 11) is 0. The molecule has 0 N–H and O–H groups in total. The number of ether oxygens (including phenoxy) is 1. The molecule has 0 radical (unpaired) electrons. The number of carbonyl (C=O) groups is 1. The fourth-order valence-corrected chi connectivity index (χ4v) is 7.80. The lowest BCUT2D eigenvalue weighted by atomic mass is 9.65. The third kappa shape index (κ3) is 2.28. The van der Waals surface area contributed by atoms with Crippen LogP contribution in [-0.2, 0) is 9.53 Å². The second-order valence-corrected chi connectivity index (χ2v) is 11.5. The van der Waals surface area contributed by atoms with E-state index in [0.717, 1.165) is 19.3 Å². The summed E-state index contributed by atoms with van der Waals surface area (Å²) >= 11 is 0. The van der Waals surface area contributed by atoms with Gasteiger partial charge in [-0.3, -0.25) is 4.79 Å². The van der Waals surface area contributed by atoms with Gasteiger partial charge in [0.25, 0.3) is 0 Å². The molecule has 0 heterocycles. The third-order valence-corrected chi connectivity index (χ3v) is 10.2. The Morgan fingerprint density at radius 2 is 1.89 bits per heavy atom. The fraction of sp³-hybridized carbons (Fsp3) is 0.800. The lowest BCUT2D eigenvalue weighted by Crippen LogP contribution is -2.49. The molecule has 27 heavy (non-hydrogen) atoms. The van der Waals surface area contributed by atoms with Gasteiger partial charge in [0.05, 0.1) is 5.92 Å². The molecule has 5 aliphatic rings. The van der Waals surface area contributed by atoms with Gasteiger partial charge in [0.2, 0.25) is 0 Å². The molecule has 3 fully saturated rings. The Labute approximate surface area is 164 Å². The number of esters is 1. The summed E-state index contributed by atoms with van der Waals surface area (Å²) in [5, 5.41) is 0. The van der Waals surface area contributed by atoms with E-state index in [-0.39, 0.29) is 28.3 Å². The van der Waals surface area contributed by atoms with Crippen molar-refractivity contribution in [1.82, 2.24) is 0 Å². The van der Waals surface area contributed by atoms with E-state index in [1.54, 1.807) is 5.57 Å². The molecule has 2 nitrogen and oxygen atoms in total. The van der Waals surface area contributed by atoms with Crippen LogP contribution in [0, 0.1) is 46.3 Å². The average molecular weight is 369 g/mol. The molecular weight excluding hydrogens is 332 g/mol. The number of fused-ring (bicyclic) bond motifs is 4. The minimum absolute atomic E-state index is 0.0849. The summed E-state index contributed by atoms with van der Waals surface area (Å²) in [5.74, 6) is 3.23. The Morgan fingerprint density at radius 3 is 2.44 bits per heavy atom. The topological polar surface area (TPSA) is 26.3 Å². The second-order valence-electron chi connectivity index (χ2n) is 11.5. The molecule has 0 spiro atoms. The van der Waals surface area contributed by atoms with Crippen molar-refractivity contribution in [1.29, 1.82) is 0 Å². The van der Waals surface area contributed by atoms with Crippen LogP contribution >= 0.6 is 0 Å². The molecule has 0 aromatic carbocycles. The van der Waals surface area contributed by atoms with Crippen molar-refractivity contribution in [3.63, 3.8) is 0 Å². The van der Waals surface area contributed by atoms with Gasteiger partial charge in [-0.05, 0) is 80.5 Å². The molecule has 0 aliphatic heterocycles. The minimum Gasteiger partial charge on any atom is -0.459 e. The summed E-state index contributed by atoms with van der Waals surface area (Å²) in [6.07, 6.45) is 14.2. The number of hydrogen-bond acceptors (Lipinski definition) is 2. The smallest absolute Gasteiger partial charge is 0.309 e. The van der Waals surface area contributed by atoms with E-state index >= 15 is 0 Å². The van der Waals surface area contributed by atoms with Crippen molar-refractivity contribution in [2.24, 2.45) is 46.3 Å². The molecule has 3 saturated carbocycles. The molecule has 0 saturated heterocycles. The van der Waals surface area contributed by atoms with Gasteiger partial charge in [0.1, 0.15) is 5.60 Å². The predicted molar refractivity (Wildman–Crippen MR) is 108 cm³/mol. The van der Waals surface area contributed by atoms with Crippen LogP contribution in [0.5, 0.6) is 0 Å². The highest BCUT2D eigenvalue weighted by molar-refractivity contribution is 5.74. The van der Waals surface area contributed by atoms with Crippen LogP contribution in [-0.4, -0.2) is 11.6 Å². The molecule has 4 bridgehead atoms. The molecule has 0 aromatic heterocycles. The average Bonchev–Trinajstić information content (AvgIpc) is 3.36. The highest BCUT2D eigenvalue weighted by atomic mass is 16.6. The van der Waals surface area contributed by atoms with Crippen LogP contribution in [0.2, 0.25) is 0 Å². The van der Waals surface area contributed by atoms with Crippen molar-refractivity contribution in [2.75, 3.05) is 0 Å². The maximum atomic E-state index is 13.3. The van der Waals surface area contributed by atoms with Crippen LogP contribution in [0.15, 0.2) is 23.8 Å². The van der Waals surface area contributed by atoms with Gasteiger partial charge in [0, 0.05) is 5.41 Å². The van der Waals surface area contributed by atoms with Gasteiger partial charge in [-0.2, -0.15) is 0 Å². The largest absolute Gasteiger partial charge is 0.459 e. The normalized spacial score (nSPS) is 51.8. The quantitative estimate of drug-likeness (QED) is 0.456. The molecule has 5 rings (SSSR count). The summed E-state index contributed by atoms with van der Waals surface area (Å²) in [6.45, 7) is 11.7. The zero-order chi connectivity index (χ0) is 19.2. The van der Waals surface area contributed by atoms with Crippen molar-refractivity contribution in [3.05, 3.63) is 23.8 Å². The first kappa shape index (κ1) is 18.0. The van der Waals surface area contributed by atoms with Crippen LogP contribution in [0.1, 0.15) is 73.1 Å². The number of carbonyl (C=O) groups excluding carboxylic acids is 1. The zero-order valence-corrected chi connectivity index (χ0v) is 17.8. The van der Waals surface area contributed by atoms with E-state index in [4.69, 9.17) is 4.74 Å². The van der Waals surface area contributed by atoms with Gasteiger partial charge in [0.15, 0.2) is 0 Å². The maximum absolute atomic E-state index is 13.3. The van der Waals surface area contributed by atoms with E-state index in [9.17, 15) is 4.79 Å². The van der Waals surface area contributed by atoms with Crippen LogP contribution in [0.4, 0.5) is 0 Å². The molecular formula is C25H36O2. The van der Waals surface area contributed by atoms with Crippen molar-refractivity contribution < 1.29 is 9.53 Å². The Bertz CT molecular complexity index is 731. The van der Waals surface area contributed by atoms with Gasteiger partial charge in [-0.25, -0.2) is 0 Å². The lowest BCUT2D eigenvalue weighted by molar-refractivity contribution is -0.181. The van der Waals surface area contributed by atoms with Crippen LogP contribution < -0.4 is 0 Å². The second kappa shape index (κ2) is 5.51. The van der Waals surface area contributed by atoms with Gasteiger partial charge in [-0.15, -0.1) is 0 Å². The number of rotatable bonds is 3. The Hall–Kier alpha value is -1.05. The van der Waals surface area contributed by atoms with Crippen molar-refractivity contribution in [2.45, 2.75) is 78.7 Å². The lowest BCUT2D eigenvalue weighted by Gasteiger charge is -2.46. The monoisotopic (exact) mass is 368 g/mol. The minimum atomic E-state index is -0.289. The van der Waals surface area contributed by atoms with E-state index in [1.165, 1.54) is 19.3 Å². The first-order valence-corrected chi connectivity index (χ1v) is 11.3. The molecule has 0 amide bonds. The highest BCUT2D eigenvalue weighted by Gasteiger charge is 2.69. The molecule has 8 unspecified atom stereocenters. The Morgan fingerprint density at radius 1 is 1.11 bits per heavy atom. The van der Waals surface area contributed by atoms with Crippen LogP contribution in [0.3, 0.4) is 0 Å². The molecule has 5 aliphatic carbocycles. The van der Waals surface area contributed by atoms with E-state index in [0.29, 0.717) is 29.6 Å². The molecule has 148 valence electrons. The summed E-state index contributed by atoms with van der Waals surface area (Å²) in [4.78, 5) is 13.3. The molecule has 2 heteroatoms.